The molecule has 0 aliphatic rings. The minimum Gasteiger partial charge on any atom is -0.254 e. The van der Waals surface area contributed by atoms with Crippen molar-refractivity contribution in [2.45, 2.75) is 0 Å². The van der Waals surface area contributed by atoms with Gasteiger partial charge in [0.1, 0.15) is 0 Å². The minimum absolute atomic E-state index is 0.0320. The number of hydrogen-bond acceptors (Lipinski definition) is 2. The molecule has 0 fully saturated rings. The van der Waals surface area contributed by atoms with Crippen molar-refractivity contribution in [3.63, 3.8) is 0 Å². The lowest BCUT2D eigenvalue weighted by Crippen LogP contribution is -1.79. The lowest BCUT2D eigenvalue weighted by Gasteiger charge is -1.88. The van der Waals surface area contributed by atoms with E-state index in [1.807, 2.05) is 18.2 Å². The molecule has 0 saturated heterocycles. The molecule has 1 aromatic carbocycles. The predicted molar refractivity (Wildman–Crippen MR) is 45.4 cm³/mol. The van der Waals surface area contributed by atoms with Crippen molar-refractivity contribution in [3.05, 3.63) is 30.3 Å². The normalized spacial score (nSPS) is 10.8. The monoisotopic (exact) mass is 189 g/mol. The Balaban J connectivity index is 2.58. The van der Waals surface area contributed by atoms with Crippen LogP contribution in [-0.2, 0) is 4.57 Å². The van der Waals surface area contributed by atoms with Gasteiger partial charge in [-0.1, -0.05) is 29.8 Å². The third-order valence-corrected chi connectivity index (χ3v) is 2.24. The quantitative estimate of drug-likeness (QED) is 0.540. The Hall–Kier alpha value is -0.590. The van der Waals surface area contributed by atoms with Crippen molar-refractivity contribution in [2.75, 3.05) is 5.62 Å². The SMILES string of the molecule is O=[P+](CCl)Oc1ccccc1. The Kier molecular flexibility index (Phi) is 3.34. The smallest absolute Gasteiger partial charge is 0.254 e. The molecule has 1 unspecified atom stereocenters. The molecular formula is C7H7ClO2P+. The molecule has 0 aliphatic heterocycles. The summed E-state index contributed by atoms with van der Waals surface area (Å²) in [6, 6.07) is 8.96. The summed E-state index contributed by atoms with van der Waals surface area (Å²) >= 11 is 5.29. The van der Waals surface area contributed by atoms with Gasteiger partial charge in [0, 0.05) is 0 Å². The molecule has 1 atom stereocenters. The van der Waals surface area contributed by atoms with Crippen LogP contribution in [-0.4, -0.2) is 5.62 Å². The highest BCUT2D eigenvalue weighted by Crippen LogP contribution is 2.26. The largest absolute Gasteiger partial charge is 0.572 e. The maximum Gasteiger partial charge on any atom is 0.572 e. The van der Waals surface area contributed by atoms with Crippen molar-refractivity contribution < 1.29 is 9.09 Å². The predicted octanol–water partition coefficient (Wildman–Crippen LogP) is 3.00. The number of para-hydroxylation sites is 1. The van der Waals surface area contributed by atoms with E-state index < -0.39 is 8.03 Å². The van der Waals surface area contributed by atoms with E-state index in [1.165, 1.54) is 0 Å². The Morgan fingerprint density at radius 3 is 2.55 bits per heavy atom. The molecule has 1 rings (SSSR count). The van der Waals surface area contributed by atoms with Gasteiger partial charge >= 0.3 is 8.03 Å². The van der Waals surface area contributed by atoms with Gasteiger partial charge in [0.05, 0.1) is 0 Å². The first-order valence-electron chi connectivity index (χ1n) is 3.06. The van der Waals surface area contributed by atoms with Crippen molar-refractivity contribution >= 4 is 19.6 Å². The summed E-state index contributed by atoms with van der Waals surface area (Å²) in [7, 11) is -1.74. The van der Waals surface area contributed by atoms with Crippen LogP contribution in [0.15, 0.2) is 30.3 Å². The first-order valence-corrected chi connectivity index (χ1v) is 4.96. The molecule has 0 radical (unpaired) electrons. The molecule has 0 heterocycles. The Morgan fingerprint density at radius 1 is 1.36 bits per heavy atom. The van der Waals surface area contributed by atoms with Gasteiger partial charge in [-0.3, -0.25) is 4.52 Å². The average molecular weight is 190 g/mol. The van der Waals surface area contributed by atoms with E-state index in [4.69, 9.17) is 16.1 Å². The zero-order valence-corrected chi connectivity index (χ0v) is 7.39. The van der Waals surface area contributed by atoms with E-state index in [1.54, 1.807) is 12.1 Å². The molecule has 4 heteroatoms. The van der Waals surface area contributed by atoms with E-state index in [0.717, 1.165) is 0 Å². The summed E-state index contributed by atoms with van der Waals surface area (Å²) in [5, 5.41) is 0. The Bertz CT molecular complexity index is 237. The first-order chi connectivity index (χ1) is 5.33. The van der Waals surface area contributed by atoms with Crippen LogP contribution in [0.1, 0.15) is 0 Å². The van der Waals surface area contributed by atoms with Crippen molar-refractivity contribution in [3.8, 4) is 5.75 Å². The van der Waals surface area contributed by atoms with Crippen LogP contribution < -0.4 is 4.52 Å². The van der Waals surface area contributed by atoms with Crippen LogP contribution in [0.2, 0.25) is 0 Å². The molecule has 1 aromatic rings. The minimum atomic E-state index is -1.74. The van der Waals surface area contributed by atoms with Gasteiger partial charge < -0.3 is 0 Å². The maximum atomic E-state index is 10.8. The summed E-state index contributed by atoms with van der Waals surface area (Å²) < 4.78 is 15.7. The van der Waals surface area contributed by atoms with Crippen LogP contribution in [0, 0.1) is 0 Å². The maximum absolute atomic E-state index is 10.8. The van der Waals surface area contributed by atoms with E-state index in [-0.39, 0.29) is 5.62 Å². The fourth-order valence-corrected chi connectivity index (χ4v) is 1.18. The van der Waals surface area contributed by atoms with Gasteiger partial charge in [0.25, 0.3) is 5.62 Å². The molecular weight excluding hydrogens is 183 g/mol. The molecule has 0 aromatic heterocycles. The van der Waals surface area contributed by atoms with Gasteiger partial charge in [0.2, 0.25) is 0 Å². The van der Waals surface area contributed by atoms with Gasteiger partial charge in [-0.25, -0.2) is 0 Å². The van der Waals surface area contributed by atoms with Gasteiger partial charge in [-0.05, 0) is 16.7 Å². The highest BCUT2D eigenvalue weighted by molar-refractivity contribution is 7.41. The van der Waals surface area contributed by atoms with Gasteiger partial charge in [-0.15, -0.1) is 0 Å². The molecule has 0 saturated carbocycles. The van der Waals surface area contributed by atoms with Crippen LogP contribution in [0.4, 0.5) is 0 Å². The standard InChI is InChI=1S/C7H7ClO2P/c8-6-11(9)10-7-4-2-1-3-5-7/h1-5H,6H2/q+1. The summed E-state index contributed by atoms with van der Waals surface area (Å²) in [5.74, 6) is 0.592. The van der Waals surface area contributed by atoms with Crippen LogP contribution in [0.25, 0.3) is 0 Å². The highest BCUT2D eigenvalue weighted by Gasteiger charge is 2.15. The summed E-state index contributed by atoms with van der Waals surface area (Å²) in [5.41, 5.74) is 0.0320. The molecule has 0 N–H and O–H groups in total. The zero-order valence-electron chi connectivity index (χ0n) is 5.74. The molecule has 2 nitrogen and oxygen atoms in total. The van der Waals surface area contributed by atoms with Crippen LogP contribution in [0.3, 0.4) is 0 Å². The average Bonchev–Trinajstić information content (AvgIpc) is 2.06. The second-order valence-corrected chi connectivity index (χ2v) is 3.66. The zero-order chi connectivity index (χ0) is 8.10. The second kappa shape index (κ2) is 4.32. The molecule has 0 amide bonds. The first kappa shape index (κ1) is 8.51. The van der Waals surface area contributed by atoms with Crippen LogP contribution >= 0.6 is 19.6 Å². The molecule has 58 valence electrons. The Labute approximate surface area is 71.0 Å². The third-order valence-electron chi connectivity index (χ3n) is 1.05. The fraction of sp³-hybridized carbons (Fsp3) is 0.143. The molecule has 11 heavy (non-hydrogen) atoms. The topological polar surface area (TPSA) is 26.3 Å². The van der Waals surface area contributed by atoms with E-state index >= 15 is 0 Å². The van der Waals surface area contributed by atoms with E-state index in [2.05, 4.69) is 0 Å². The second-order valence-electron chi connectivity index (χ2n) is 1.86. The lowest BCUT2D eigenvalue weighted by molar-refractivity contribution is 0.509. The molecule has 0 bridgehead atoms. The molecule has 0 spiro atoms. The fourth-order valence-electron chi connectivity index (χ4n) is 0.623. The number of hydrogen-bond donors (Lipinski definition) is 0. The van der Waals surface area contributed by atoms with Crippen molar-refractivity contribution in [1.29, 1.82) is 0 Å². The van der Waals surface area contributed by atoms with E-state index in [9.17, 15) is 4.57 Å². The Morgan fingerprint density at radius 2 is 2.00 bits per heavy atom. The summed E-state index contributed by atoms with van der Waals surface area (Å²) in [6.07, 6.45) is 0. The summed E-state index contributed by atoms with van der Waals surface area (Å²) in [6.45, 7) is 0. The molecule has 0 aliphatic carbocycles. The van der Waals surface area contributed by atoms with Gasteiger partial charge in [-0.2, -0.15) is 0 Å². The number of alkyl halides is 1. The van der Waals surface area contributed by atoms with Crippen molar-refractivity contribution in [1.82, 2.24) is 0 Å². The van der Waals surface area contributed by atoms with E-state index in [0.29, 0.717) is 5.75 Å². The van der Waals surface area contributed by atoms with Crippen LogP contribution in [0.5, 0.6) is 5.75 Å². The number of halogens is 1. The highest BCUT2D eigenvalue weighted by atomic mass is 35.5. The lowest BCUT2D eigenvalue weighted by atomic mass is 10.3. The van der Waals surface area contributed by atoms with Gasteiger partial charge in [0.15, 0.2) is 5.75 Å². The summed E-state index contributed by atoms with van der Waals surface area (Å²) in [4.78, 5) is 0. The van der Waals surface area contributed by atoms with Crippen molar-refractivity contribution in [2.24, 2.45) is 0 Å². The third kappa shape index (κ3) is 2.87. The number of rotatable bonds is 3. The number of benzene rings is 1.